The standard InChI is InChI=1S/C9H8BrF3O/c1-6-2-3-7(10)4-8(6)14-5-9(11,12)13/h2-4H,5H2,1H3. The quantitative estimate of drug-likeness (QED) is 0.795. The van der Waals surface area contributed by atoms with Crippen molar-refractivity contribution < 1.29 is 17.9 Å². The van der Waals surface area contributed by atoms with Gasteiger partial charge in [-0.05, 0) is 24.6 Å². The highest BCUT2D eigenvalue weighted by Crippen LogP contribution is 2.25. The summed E-state index contributed by atoms with van der Waals surface area (Å²) < 4.78 is 40.8. The predicted octanol–water partition coefficient (Wildman–Crippen LogP) is 3.70. The van der Waals surface area contributed by atoms with Crippen LogP contribution in [0.3, 0.4) is 0 Å². The van der Waals surface area contributed by atoms with E-state index in [0.29, 0.717) is 10.0 Å². The summed E-state index contributed by atoms with van der Waals surface area (Å²) in [5.74, 6) is 0.247. The Morgan fingerprint density at radius 1 is 1.36 bits per heavy atom. The highest BCUT2D eigenvalue weighted by molar-refractivity contribution is 9.10. The van der Waals surface area contributed by atoms with E-state index in [-0.39, 0.29) is 5.75 Å². The van der Waals surface area contributed by atoms with Gasteiger partial charge in [-0.2, -0.15) is 13.2 Å². The highest BCUT2D eigenvalue weighted by Gasteiger charge is 2.28. The third-order valence-electron chi connectivity index (χ3n) is 1.54. The maximum absolute atomic E-state index is 11.8. The van der Waals surface area contributed by atoms with Crippen molar-refractivity contribution in [2.45, 2.75) is 13.1 Å². The Morgan fingerprint density at radius 2 is 2.00 bits per heavy atom. The molecule has 0 N–H and O–H groups in total. The molecule has 1 nitrogen and oxygen atoms in total. The van der Waals surface area contributed by atoms with E-state index in [9.17, 15) is 13.2 Å². The average Bonchev–Trinajstić information content (AvgIpc) is 2.05. The van der Waals surface area contributed by atoms with Crippen molar-refractivity contribution in [3.63, 3.8) is 0 Å². The van der Waals surface area contributed by atoms with Crippen LogP contribution in [0.2, 0.25) is 0 Å². The number of halogens is 4. The number of aryl methyl sites for hydroxylation is 1. The van der Waals surface area contributed by atoms with Crippen molar-refractivity contribution in [1.82, 2.24) is 0 Å². The second kappa shape index (κ2) is 4.21. The van der Waals surface area contributed by atoms with Crippen LogP contribution in [0, 0.1) is 6.92 Å². The summed E-state index contributed by atoms with van der Waals surface area (Å²) >= 11 is 3.16. The summed E-state index contributed by atoms with van der Waals surface area (Å²) in [6, 6.07) is 4.95. The van der Waals surface area contributed by atoms with Crippen LogP contribution in [-0.2, 0) is 0 Å². The van der Waals surface area contributed by atoms with E-state index in [2.05, 4.69) is 20.7 Å². The van der Waals surface area contributed by atoms with Crippen LogP contribution in [-0.4, -0.2) is 12.8 Å². The van der Waals surface area contributed by atoms with Crippen LogP contribution in [0.25, 0.3) is 0 Å². The molecule has 0 aromatic heterocycles. The number of alkyl halides is 3. The first-order valence-electron chi connectivity index (χ1n) is 3.84. The van der Waals surface area contributed by atoms with Gasteiger partial charge in [0, 0.05) is 4.47 Å². The number of ether oxygens (including phenoxy) is 1. The van der Waals surface area contributed by atoms with Crippen LogP contribution in [0.15, 0.2) is 22.7 Å². The minimum Gasteiger partial charge on any atom is -0.484 e. The maximum Gasteiger partial charge on any atom is 0.422 e. The van der Waals surface area contributed by atoms with E-state index in [1.165, 1.54) is 6.07 Å². The Bertz CT molecular complexity index is 322. The van der Waals surface area contributed by atoms with E-state index in [1.54, 1.807) is 19.1 Å². The van der Waals surface area contributed by atoms with Crippen LogP contribution < -0.4 is 4.74 Å². The first-order valence-corrected chi connectivity index (χ1v) is 4.63. The van der Waals surface area contributed by atoms with Gasteiger partial charge in [-0.1, -0.05) is 22.0 Å². The van der Waals surface area contributed by atoms with Gasteiger partial charge >= 0.3 is 6.18 Å². The number of rotatable bonds is 2. The van der Waals surface area contributed by atoms with Gasteiger partial charge in [0.1, 0.15) is 5.75 Å². The number of hydrogen-bond acceptors (Lipinski definition) is 1. The molecule has 0 heterocycles. The van der Waals surface area contributed by atoms with Gasteiger partial charge in [0.2, 0.25) is 0 Å². The zero-order valence-corrected chi connectivity index (χ0v) is 8.95. The third kappa shape index (κ3) is 3.57. The van der Waals surface area contributed by atoms with Crippen molar-refractivity contribution in [1.29, 1.82) is 0 Å². The fraction of sp³-hybridized carbons (Fsp3) is 0.333. The molecule has 1 aromatic carbocycles. The monoisotopic (exact) mass is 268 g/mol. The third-order valence-corrected chi connectivity index (χ3v) is 2.03. The molecule has 14 heavy (non-hydrogen) atoms. The highest BCUT2D eigenvalue weighted by atomic mass is 79.9. The van der Waals surface area contributed by atoms with E-state index < -0.39 is 12.8 Å². The molecule has 0 amide bonds. The minimum atomic E-state index is -4.30. The molecule has 0 saturated carbocycles. The Hall–Kier alpha value is -0.710. The van der Waals surface area contributed by atoms with Crippen LogP contribution >= 0.6 is 15.9 Å². The van der Waals surface area contributed by atoms with Gasteiger partial charge in [-0.25, -0.2) is 0 Å². The lowest BCUT2D eigenvalue weighted by Crippen LogP contribution is -2.19. The molecule has 1 rings (SSSR count). The summed E-state index contributed by atoms with van der Waals surface area (Å²) in [5.41, 5.74) is 0.678. The fourth-order valence-electron chi connectivity index (χ4n) is 0.889. The molecular weight excluding hydrogens is 261 g/mol. The molecule has 0 aliphatic carbocycles. The van der Waals surface area contributed by atoms with Crippen LogP contribution in [0.4, 0.5) is 13.2 Å². The SMILES string of the molecule is Cc1ccc(Br)cc1OCC(F)(F)F. The smallest absolute Gasteiger partial charge is 0.422 e. The molecule has 1 aromatic rings. The molecular formula is C9H8BrF3O. The topological polar surface area (TPSA) is 9.23 Å². The molecule has 0 fully saturated rings. The Balaban J connectivity index is 2.72. The lowest BCUT2D eigenvalue weighted by atomic mass is 10.2. The van der Waals surface area contributed by atoms with Crippen molar-refractivity contribution in [3.8, 4) is 5.75 Å². The van der Waals surface area contributed by atoms with Crippen molar-refractivity contribution in [3.05, 3.63) is 28.2 Å². The van der Waals surface area contributed by atoms with Crippen LogP contribution in [0.5, 0.6) is 5.75 Å². The van der Waals surface area contributed by atoms with Crippen molar-refractivity contribution in [2.75, 3.05) is 6.61 Å². The number of hydrogen-bond donors (Lipinski definition) is 0. The first-order chi connectivity index (χ1) is 6.38. The summed E-state index contributed by atoms with van der Waals surface area (Å²) in [6.07, 6.45) is -4.30. The molecule has 0 bridgehead atoms. The molecule has 0 atom stereocenters. The summed E-state index contributed by atoms with van der Waals surface area (Å²) in [6.45, 7) is 0.433. The van der Waals surface area contributed by atoms with Crippen LogP contribution in [0.1, 0.15) is 5.56 Å². The van der Waals surface area contributed by atoms with E-state index in [1.807, 2.05) is 0 Å². The van der Waals surface area contributed by atoms with E-state index in [0.717, 1.165) is 0 Å². The Morgan fingerprint density at radius 3 is 2.57 bits per heavy atom. The fourth-order valence-corrected chi connectivity index (χ4v) is 1.23. The zero-order valence-electron chi connectivity index (χ0n) is 7.36. The molecule has 0 unspecified atom stereocenters. The van der Waals surface area contributed by atoms with Crippen molar-refractivity contribution >= 4 is 15.9 Å². The van der Waals surface area contributed by atoms with Gasteiger partial charge in [-0.15, -0.1) is 0 Å². The van der Waals surface area contributed by atoms with Gasteiger partial charge in [-0.3, -0.25) is 0 Å². The lowest BCUT2D eigenvalue weighted by molar-refractivity contribution is -0.153. The normalized spacial score (nSPS) is 11.5. The van der Waals surface area contributed by atoms with Gasteiger partial charge < -0.3 is 4.74 Å². The first kappa shape index (κ1) is 11.4. The Labute approximate surface area is 88.0 Å². The van der Waals surface area contributed by atoms with E-state index in [4.69, 9.17) is 0 Å². The van der Waals surface area contributed by atoms with Gasteiger partial charge in [0.05, 0.1) is 0 Å². The zero-order chi connectivity index (χ0) is 10.8. The molecule has 5 heteroatoms. The maximum atomic E-state index is 11.8. The van der Waals surface area contributed by atoms with Gasteiger partial charge in [0.25, 0.3) is 0 Å². The summed E-state index contributed by atoms with van der Waals surface area (Å²) in [5, 5.41) is 0. The van der Waals surface area contributed by atoms with E-state index >= 15 is 0 Å². The minimum absolute atomic E-state index is 0.247. The molecule has 0 radical (unpaired) electrons. The molecule has 0 aliphatic rings. The average molecular weight is 269 g/mol. The number of benzene rings is 1. The summed E-state index contributed by atoms with van der Waals surface area (Å²) in [4.78, 5) is 0. The Kier molecular flexibility index (Phi) is 3.42. The lowest BCUT2D eigenvalue weighted by Gasteiger charge is -2.11. The molecule has 0 saturated heterocycles. The molecule has 0 spiro atoms. The second-order valence-electron chi connectivity index (χ2n) is 2.81. The summed E-state index contributed by atoms with van der Waals surface area (Å²) in [7, 11) is 0. The largest absolute Gasteiger partial charge is 0.484 e. The second-order valence-corrected chi connectivity index (χ2v) is 3.73. The predicted molar refractivity (Wildman–Crippen MR) is 50.4 cm³/mol. The molecule has 78 valence electrons. The molecule has 0 aliphatic heterocycles. The van der Waals surface area contributed by atoms with Crippen molar-refractivity contribution in [2.24, 2.45) is 0 Å². The van der Waals surface area contributed by atoms with Gasteiger partial charge in [0.15, 0.2) is 6.61 Å².